The standard InChI is InChI=1S/C19H30ClN3O2.ClH/c1-12(2)17(21)18(25)22-11-16(24)23-15(10-19(3,4)5)13-6-8-14(20)9-7-13;/h6-9,12,15,17H,10-11,21H2,1-5H3,(H,22,25)(H,23,24);1H/t15?,17-;/m0./s1. The molecule has 0 fully saturated rings. The summed E-state index contributed by atoms with van der Waals surface area (Å²) in [5.41, 5.74) is 6.79. The van der Waals surface area contributed by atoms with Gasteiger partial charge in [-0.3, -0.25) is 9.59 Å². The Labute approximate surface area is 167 Å². The van der Waals surface area contributed by atoms with Gasteiger partial charge in [-0.2, -0.15) is 0 Å². The van der Waals surface area contributed by atoms with Gasteiger partial charge in [0.1, 0.15) is 0 Å². The third-order valence-electron chi connectivity index (χ3n) is 3.87. The van der Waals surface area contributed by atoms with Gasteiger partial charge in [0.05, 0.1) is 18.6 Å². The van der Waals surface area contributed by atoms with Crippen LogP contribution in [0, 0.1) is 11.3 Å². The van der Waals surface area contributed by atoms with Crippen LogP contribution < -0.4 is 16.4 Å². The summed E-state index contributed by atoms with van der Waals surface area (Å²) in [4.78, 5) is 24.2. The van der Waals surface area contributed by atoms with Gasteiger partial charge >= 0.3 is 0 Å². The monoisotopic (exact) mass is 403 g/mol. The van der Waals surface area contributed by atoms with Gasteiger partial charge in [0.2, 0.25) is 11.8 Å². The van der Waals surface area contributed by atoms with Crippen LogP contribution in [0.25, 0.3) is 0 Å². The smallest absolute Gasteiger partial charge is 0.239 e. The number of hydrogen-bond donors (Lipinski definition) is 3. The highest BCUT2D eigenvalue weighted by Gasteiger charge is 2.23. The van der Waals surface area contributed by atoms with Crippen molar-refractivity contribution in [3.63, 3.8) is 0 Å². The zero-order valence-corrected chi connectivity index (χ0v) is 17.7. The number of nitrogens with one attached hydrogen (secondary N) is 2. The molecular formula is C19H31Cl2N3O2. The van der Waals surface area contributed by atoms with Gasteiger partial charge in [0.25, 0.3) is 0 Å². The molecule has 0 aliphatic rings. The number of rotatable bonds is 7. The summed E-state index contributed by atoms with van der Waals surface area (Å²) in [6.45, 7) is 9.99. The van der Waals surface area contributed by atoms with Crippen LogP contribution in [0.2, 0.25) is 5.02 Å². The van der Waals surface area contributed by atoms with E-state index in [9.17, 15) is 9.59 Å². The maximum atomic E-state index is 12.3. The van der Waals surface area contributed by atoms with Crippen LogP contribution in [-0.2, 0) is 9.59 Å². The van der Waals surface area contributed by atoms with E-state index in [1.165, 1.54) is 0 Å². The summed E-state index contributed by atoms with van der Waals surface area (Å²) in [7, 11) is 0. The molecule has 0 spiro atoms. The summed E-state index contributed by atoms with van der Waals surface area (Å²) in [6, 6.07) is 6.66. The van der Waals surface area contributed by atoms with Crippen molar-refractivity contribution < 1.29 is 9.59 Å². The minimum absolute atomic E-state index is 0. The lowest BCUT2D eigenvalue weighted by Gasteiger charge is -2.27. The van der Waals surface area contributed by atoms with E-state index in [1.807, 2.05) is 38.1 Å². The predicted molar refractivity (Wildman–Crippen MR) is 109 cm³/mol. The number of amides is 2. The number of hydrogen-bond acceptors (Lipinski definition) is 3. The Morgan fingerprint density at radius 2 is 1.69 bits per heavy atom. The van der Waals surface area contributed by atoms with E-state index in [1.54, 1.807) is 0 Å². The maximum absolute atomic E-state index is 12.3. The molecule has 1 unspecified atom stereocenters. The quantitative estimate of drug-likeness (QED) is 0.651. The minimum atomic E-state index is -0.616. The predicted octanol–water partition coefficient (Wildman–Crippen LogP) is 3.45. The Balaban J connectivity index is 0.00000625. The van der Waals surface area contributed by atoms with Crippen molar-refractivity contribution >= 4 is 35.8 Å². The highest BCUT2D eigenvalue weighted by atomic mass is 35.5. The zero-order valence-electron chi connectivity index (χ0n) is 16.1. The molecule has 0 aliphatic heterocycles. The Bertz CT molecular complexity index is 583. The molecule has 0 bridgehead atoms. The highest BCUT2D eigenvalue weighted by Crippen LogP contribution is 2.29. The molecule has 26 heavy (non-hydrogen) atoms. The molecule has 5 nitrogen and oxygen atoms in total. The molecule has 148 valence electrons. The fraction of sp³-hybridized carbons (Fsp3) is 0.579. The van der Waals surface area contributed by atoms with E-state index in [0.29, 0.717) is 5.02 Å². The Morgan fingerprint density at radius 3 is 2.15 bits per heavy atom. The molecule has 4 N–H and O–H groups in total. The van der Waals surface area contributed by atoms with Gasteiger partial charge in [-0.1, -0.05) is 58.4 Å². The van der Waals surface area contributed by atoms with Crippen molar-refractivity contribution in [1.82, 2.24) is 10.6 Å². The van der Waals surface area contributed by atoms with Gasteiger partial charge in [-0.25, -0.2) is 0 Å². The summed E-state index contributed by atoms with van der Waals surface area (Å²) < 4.78 is 0. The molecule has 0 radical (unpaired) electrons. The molecule has 1 aromatic rings. The molecule has 0 aromatic heterocycles. The van der Waals surface area contributed by atoms with Gasteiger partial charge in [0, 0.05) is 5.02 Å². The lowest BCUT2D eigenvalue weighted by Crippen LogP contribution is -2.47. The van der Waals surface area contributed by atoms with E-state index in [-0.39, 0.29) is 48.1 Å². The number of nitrogens with two attached hydrogens (primary N) is 1. The maximum Gasteiger partial charge on any atom is 0.239 e. The van der Waals surface area contributed by atoms with E-state index in [4.69, 9.17) is 17.3 Å². The van der Waals surface area contributed by atoms with Crippen LogP contribution in [0.1, 0.15) is 52.6 Å². The van der Waals surface area contributed by atoms with Crippen LogP contribution in [0.4, 0.5) is 0 Å². The molecule has 0 saturated heterocycles. The second-order valence-electron chi connectivity index (χ2n) is 7.92. The molecule has 7 heteroatoms. The highest BCUT2D eigenvalue weighted by molar-refractivity contribution is 6.30. The van der Waals surface area contributed by atoms with Gasteiger partial charge in [-0.05, 0) is 35.4 Å². The number of carbonyl (C=O) groups is 2. The first-order valence-corrected chi connectivity index (χ1v) is 8.95. The van der Waals surface area contributed by atoms with E-state index < -0.39 is 6.04 Å². The van der Waals surface area contributed by atoms with Crippen LogP contribution in [0.3, 0.4) is 0 Å². The summed E-state index contributed by atoms with van der Waals surface area (Å²) in [5.74, 6) is -0.539. The average Bonchev–Trinajstić information content (AvgIpc) is 2.50. The Morgan fingerprint density at radius 1 is 1.15 bits per heavy atom. The van der Waals surface area contributed by atoms with Crippen LogP contribution in [0.15, 0.2) is 24.3 Å². The van der Waals surface area contributed by atoms with E-state index in [0.717, 1.165) is 12.0 Å². The van der Waals surface area contributed by atoms with E-state index >= 15 is 0 Å². The second kappa shape index (κ2) is 10.8. The number of benzene rings is 1. The second-order valence-corrected chi connectivity index (χ2v) is 8.36. The topological polar surface area (TPSA) is 84.2 Å². The van der Waals surface area contributed by atoms with Crippen molar-refractivity contribution in [3.8, 4) is 0 Å². The molecule has 1 aromatic carbocycles. The van der Waals surface area contributed by atoms with Crippen LogP contribution in [0.5, 0.6) is 0 Å². The lowest BCUT2D eigenvalue weighted by atomic mass is 9.85. The summed E-state index contributed by atoms with van der Waals surface area (Å²) >= 11 is 5.95. The summed E-state index contributed by atoms with van der Waals surface area (Å²) in [6.07, 6.45) is 0.764. The fourth-order valence-electron chi connectivity index (χ4n) is 2.39. The first-order chi connectivity index (χ1) is 11.5. The van der Waals surface area contributed by atoms with Crippen molar-refractivity contribution in [3.05, 3.63) is 34.9 Å². The van der Waals surface area contributed by atoms with Crippen LogP contribution in [-0.4, -0.2) is 24.4 Å². The van der Waals surface area contributed by atoms with Gasteiger partial charge in [-0.15, -0.1) is 12.4 Å². The summed E-state index contributed by atoms with van der Waals surface area (Å²) in [5, 5.41) is 6.24. The van der Waals surface area contributed by atoms with Gasteiger partial charge in [0.15, 0.2) is 0 Å². The third-order valence-corrected chi connectivity index (χ3v) is 4.12. The minimum Gasteiger partial charge on any atom is -0.348 e. The molecule has 1 rings (SSSR count). The molecule has 2 atom stereocenters. The zero-order chi connectivity index (χ0) is 19.2. The lowest BCUT2D eigenvalue weighted by molar-refractivity contribution is -0.127. The van der Waals surface area contributed by atoms with Gasteiger partial charge < -0.3 is 16.4 Å². The largest absolute Gasteiger partial charge is 0.348 e. The average molecular weight is 404 g/mol. The molecule has 0 aliphatic carbocycles. The number of carbonyl (C=O) groups excluding carboxylic acids is 2. The van der Waals surface area contributed by atoms with Crippen molar-refractivity contribution in [2.24, 2.45) is 17.1 Å². The Kier molecular flexibility index (Phi) is 10.2. The van der Waals surface area contributed by atoms with Crippen molar-refractivity contribution in [2.45, 2.75) is 53.1 Å². The van der Waals surface area contributed by atoms with Crippen molar-refractivity contribution in [1.29, 1.82) is 0 Å². The first-order valence-electron chi connectivity index (χ1n) is 8.57. The SMILES string of the molecule is CC(C)[C@H](N)C(=O)NCC(=O)NC(CC(C)(C)C)c1ccc(Cl)cc1.Cl. The van der Waals surface area contributed by atoms with Crippen LogP contribution >= 0.6 is 24.0 Å². The first kappa shape index (κ1) is 24.7. The normalized spacial score (nSPS) is 13.5. The Hall–Kier alpha value is -1.30. The molecular weight excluding hydrogens is 373 g/mol. The van der Waals surface area contributed by atoms with E-state index in [2.05, 4.69) is 31.4 Å². The third kappa shape index (κ3) is 8.88. The fourth-order valence-corrected chi connectivity index (χ4v) is 2.52. The molecule has 0 saturated carbocycles. The van der Waals surface area contributed by atoms with Crippen molar-refractivity contribution in [2.75, 3.05) is 6.54 Å². The molecule has 2 amide bonds. The molecule has 0 heterocycles. The number of halogens is 2.